The zero-order chi connectivity index (χ0) is 11.1. The molecule has 2 nitrogen and oxygen atoms in total. The molecular formula is C10H16F2O2. The van der Waals surface area contributed by atoms with Crippen molar-refractivity contribution in [3.05, 3.63) is 0 Å². The van der Waals surface area contributed by atoms with Gasteiger partial charge in [0.2, 0.25) is 5.92 Å². The summed E-state index contributed by atoms with van der Waals surface area (Å²) < 4.78 is 25.1. The number of alkyl halides is 2. The zero-order valence-electron chi connectivity index (χ0n) is 8.68. The van der Waals surface area contributed by atoms with Crippen LogP contribution in [0.4, 0.5) is 8.78 Å². The van der Waals surface area contributed by atoms with Crippen LogP contribution in [0.15, 0.2) is 0 Å². The Labute approximate surface area is 82.3 Å². The average Bonchev–Trinajstić information content (AvgIpc) is 1.98. The number of hydrogen-bond donors (Lipinski definition) is 1. The fourth-order valence-corrected chi connectivity index (χ4v) is 1.73. The lowest BCUT2D eigenvalue weighted by Crippen LogP contribution is -2.49. The molecule has 1 saturated carbocycles. The molecule has 14 heavy (non-hydrogen) atoms. The second kappa shape index (κ2) is 3.26. The Bertz CT molecular complexity index is 241. The number of carbonyl (C=O) groups is 1. The van der Waals surface area contributed by atoms with Gasteiger partial charge >= 0.3 is 0 Å². The van der Waals surface area contributed by atoms with E-state index in [4.69, 9.17) is 0 Å². The lowest BCUT2D eigenvalue weighted by atomic mass is 9.68. The maximum absolute atomic E-state index is 12.5. The zero-order valence-corrected chi connectivity index (χ0v) is 8.68. The third-order valence-corrected chi connectivity index (χ3v) is 3.21. The highest BCUT2D eigenvalue weighted by Gasteiger charge is 2.52. The Morgan fingerprint density at radius 3 is 2.21 bits per heavy atom. The summed E-state index contributed by atoms with van der Waals surface area (Å²) >= 11 is 0. The summed E-state index contributed by atoms with van der Waals surface area (Å²) in [6.07, 6.45) is -1.56. The Hall–Kier alpha value is -0.510. The standard InChI is InChI=1S/C10H16F2O2/c1-6(13)9(2,3)8(14)7-4-10(11,12)5-7/h7-8,14H,4-5H2,1-3H3. The Morgan fingerprint density at radius 2 is 1.93 bits per heavy atom. The summed E-state index contributed by atoms with van der Waals surface area (Å²) in [6, 6.07) is 0. The van der Waals surface area contributed by atoms with Crippen molar-refractivity contribution in [1.82, 2.24) is 0 Å². The van der Waals surface area contributed by atoms with Crippen LogP contribution in [-0.4, -0.2) is 22.9 Å². The first kappa shape index (κ1) is 11.6. The molecule has 0 aliphatic heterocycles. The van der Waals surface area contributed by atoms with E-state index >= 15 is 0 Å². The van der Waals surface area contributed by atoms with Crippen molar-refractivity contribution in [3.63, 3.8) is 0 Å². The highest BCUT2D eigenvalue weighted by Crippen LogP contribution is 2.47. The van der Waals surface area contributed by atoms with Gasteiger partial charge in [-0.25, -0.2) is 8.78 Å². The van der Waals surface area contributed by atoms with Crippen LogP contribution >= 0.6 is 0 Å². The molecular weight excluding hydrogens is 190 g/mol. The number of aliphatic hydroxyl groups excluding tert-OH is 1. The fraction of sp³-hybridized carbons (Fsp3) is 0.900. The third-order valence-electron chi connectivity index (χ3n) is 3.21. The van der Waals surface area contributed by atoms with Crippen LogP contribution in [0.3, 0.4) is 0 Å². The van der Waals surface area contributed by atoms with Crippen molar-refractivity contribution in [2.45, 2.75) is 45.6 Å². The molecule has 1 N–H and O–H groups in total. The molecule has 0 saturated heterocycles. The van der Waals surface area contributed by atoms with Crippen molar-refractivity contribution in [2.24, 2.45) is 11.3 Å². The van der Waals surface area contributed by atoms with E-state index in [1.807, 2.05) is 0 Å². The average molecular weight is 206 g/mol. The van der Waals surface area contributed by atoms with Crippen molar-refractivity contribution >= 4 is 5.78 Å². The maximum atomic E-state index is 12.5. The molecule has 0 bridgehead atoms. The summed E-state index contributed by atoms with van der Waals surface area (Å²) in [5, 5.41) is 9.75. The minimum atomic E-state index is -2.64. The molecule has 0 aromatic carbocycles. The molecule has 0 spiro atoms. The predicted molar refractivity (Wildman–Crippen MR) is 48.1 cm³/mol. The number of Topliss-reactive ketones (excluding diaryl/α,β-unsaturated/α-hetero) is 1. The van der Waals surface area contributed by atoms with Gasteiger partial charge in [-0.05, 0) is 12.8 Å². The molecule has 0 amide bonds. The first-order valence-electron chi connectivity index (χ1n) is 4.74. The predicted octanol–water partition coefficient (Wildman–Crippen LogP) is 2.01. The van der Waals surface area contributed by atoms with Gasteiger partial charge < -0.3 is 5.11 Å². The van der Waals surface area contributed by atoms with E-state index in [0.29, 0.717) is 0 Å². The number of ketones is 1. The highest BCUT2D eigenvalue weighted by atomic mass is 19.3. The monoisotopic (exact) mass is 206 g/mol. The van der Waals surface area contributed by atoms with E-state index in [2.05, 4.69) is 0 Å². The molecule has 1 unspecified atom stereocenters. The van der Waals surface area contributed by atoms with E-state index < -0.39 is 23.4 Å². The quantitative estimate of drug-likeness (QED) is 0.766. The van der Waals surface area contributed by atoms with Gasteiger partial charge in [-0.3, -0.25) is 4.79 Å². The smallest absolute Gasteiger partial charge is 0.248 e. The molecule has 0 radical (unpaired) electrons. The second-order valence-corrected chi connectivity index (χ2v) is 4.75. The lowest BCUT2D eigenvalue weighted by molar-refractivity contribution is -0.167. The SMILES string of the molecule is CC(=O)C(C)(C)C(O)C1CC(F)(F)C1. The number of carbonyl (C=O) groups excluding carboxylic acids is 1. The molecule has 0 aromatic rings. The van der Waals surface area contributed by atoms with Crippen molar-refractivity contribution in [1.29, 1.82) is 0 Å². The van der Waals surface area contributed by atoms with E-state index in [1.165, 1.54) is 6.92 Å². The summed E-state index contributed by atoms with van der Waals surface area (Å²) in [5.74, 6) is -3.25. The normalized spacial score (nSPS) is 24.1. The number of hydrogen-bond acceptors (Lipinski definition) is 2. The van der Waals surface area contributed by atoms with Crippen molar-refractivity contribution in [3.8, 4) is 0 Å². The lowest BCUT2D eigenvalue weighted by Gasteiger charge is -2.43. The molecule has 1 fully saturated rings. The Kier molecular flexibility index (Phi) is 2.69. The van der Waals surface area contributed by atoms with Crippen LogP contribution in [0.5, 0.6) is 0 Å². The molecule has 1 aliphatic rings. The number of rotatable bonds is 3. The maximum Gasteiger partial charge on any atom is 0.248 e. The summed E-state index contributed by atoms with van der Waals surface area (Å²) in [7, 11) is 0. The topological polar surface area (TPSA) is 37.3 Å². The number of halogens is 2. The molecule has 1 atom stereocenters. The molecule has 0 aromatic heterocycles. The largest absolute Gasteiger partial charge is 0.392 e. The minimum Gasteiger partial charge on any atom is -0.392 e. The molecule has 0 heterocycles. The minimum absolute atomic E-state index is 0.166. The van der Waals surface area contributed by atoms with Gasteiger partial charge in [0.15, 0.2) is 0 Å². The van der Waals surface area contributed by atoms with Gasteiger partial charge in [-0.15, -0.1) is 0 Å². The van der Waals surface area contributed by atoms with Crippen LogP contribution in [0.1, 0.15) is 33.6 Å². The van der Waals surface area contributed by atoms with Crippen LogP contribution in [0.25, 0.3) is 0 Å². The van der Waals surface area contributed by atoms with Crippen LogP contribution < -0.4 is 0 Å². The number of aliphatic hydroxyl groups is 1. The first-order chi connectivity index (χ1) is 6.17. The Morgan fingerprint density at radius 1 is 1.50 bits per heavy atom. The third kappa shape index (κ3) is 1.95. The fourth-order valence-electron chi connectivity index (χ4n) is 1.73. The first-order valence-corrected chi connectivity index (χ1v) is 4.74. The van der Waals surface area contributed by atoms with Crippen LogP contribution in [0.2, 0.25) is 0 Å². The van der Waals surface area contributed by atoms with E-state index in [9.17, 15) is 18.7 Å². The van der Waals surface area contributed by atoms with Gasteiger partial charge in [-0.1, -0.05) is 13.8 Å². The van der Waals surface area contributed by atoms with Gasteiger partial charge in [0.1, 0.15) is 5.78 Å². The summed E-state index contributed by atoms with van der Waals surface area (Å²) in [6.45, 7) is 4.56. The van der Waals surface area contributed by atoms with Gasteiger partial charge in [-0.2, -0.15) is 0 Å². The van der Waals surface area contributed by atoms with Gasteiger partial charge in [0, 0.05) is 18.3 Å². The summed E-state index contributed by atoms with van der Waals surface area (Å²) in [4.78, 5) is 11.2. The van der Waals surface area contributed by atoms with E-state index in [1.54, 1.807) is 13.8 Å². The highest BCUT2D eigenvalue weighted by molar-refractivity contribution is 5.82. The molecule has 82 valence electrons. The molecule has 1 aliphatic carbocycles. The molecule has 1 rings (SSSR count). The Balaban J connectivity index is 2.60. The summed E-state index contributed by atoms with van der Waals surface area (Å²) in [5.41, 5.74) is -0.916. The van der Waals surface area contributed by atoms with E-state index in [-0.39, 0.29) is 18.6 Å². The second-order valence-electron chi connectivity index (χ2n) is 4.75. The van der Waals surface area contributed by atoms with E-state index in [0.717, 1.165) is 0 Å². The molecule has 4 heteroatoms. The van der Waals surface area contributed by atoms with Gasteiger partial charge in [0.05, 0.1) is 6.10 Å². The van der Waals surface area contributed by atoms with Gasteiger partial charge in [0.25, 0.3) is 0 Å². The van der Waals surface area contributed by atoms with Crippen molar-refractivity contribution in [2.75, 3.05) is 0 Å². The van der Waals surface area contributed by atoms with Crippen LogP contribution in [0, 0.1) is 11.3 Å². The van der Waals surface area contributed by atoms with Crippen molar-refractivity contribution < 1.29 is 18.7 Å². The van der Waals surface area contributed by atoms with Crippen LogP contribution in [-0.2, 0) is 4.79 Å².